The molecule has 8 nitrogen and oxygen atoms in total. The minimum absolute atomic E-state index is 0.0528. The van der Waals surface area contributed by atoms with Gasteiger partial charge in [0.05, 0.1) is 41.3 Å². The van der Waals surface area contributed by atoms with Gasteiger partial charge in [0.15, 0.2) is 5.78 Å². The van der Waals surface area contributed by atoms with E-state index in [4.69, 9.17) is 19.7 Å². The summed E-state index contributed by atoms with van der Waals surface area (Å²) in [6.07, 6.45) is 10.3. The van der Waals surface area contributed by atoms with Crippen LogP contribution in [-0.4, -0.2) is 41.1 Å². The predicted octanol–water partition coefficient (Wildman–Crippen LogP) is 5.98. The van der Waals surface area contributed by atoms with Crippen LogP contribution in [0.2, 0.25) is 0 Å². The number of methoxy groups -OCH3 is 1. The highest BCUT2D eigenvalue weighted by Crippen LogP contribution is 2.45. The molecule has 5 aliphatic heterocycles. The first kappa shape index (κ1) is 27.6. The Morgan fingerprint density at radius 1 is 1.05 bits per heavy atom. The second kappa shape index (κ2) is 10.0. The Balaban J connectivity index is 1.63. The van der Waals surface area contributed by atoms with E-state index in [1.54, 1.807) is 6.92 Å². The van der Waals surface area contributed by atoms with Crippen LogP contribution >= 0.6 is 0 Å². The Kier molecular flexibility index (Phi) is 6.60. The Hall–Kier alpha value is -4.59. The molecular weight excluding hydrogens is 528 g/mol. The Labute approximate surface area is 245 Å². The molecule has 42 heavy (non-hydrogen) atoms. The van der Waals surface area contributed by atoms with Crippen molar-refractivity contribution in [2.24, 2.45) is 26.8 Å². The van der Waals surface area contributed by atoms with E-state index >= 15 is 0 Å². The number of carbonyl (C=O) groups is 2. The fraction of sp³-hybridized carbons (Fsp3) is 0.324. The highest BCUT2D eigenvalue weighted by atomic mass is 16.5. The fourth-order valence-electron chi connectivity index (χ4n) is 6.61. The van der Waals surface area contributed by atoms with Crippen molar-refractivity contribution in [3.8, 4) is 0 Å². The molecule has 0 amide bonds. The molecule has 2 N–H and O–H groups in total. The summed E-state index contributed by atoms with van der Waals surface area (Å²) in [6.45, 7) is 11.7. The lowest BCUT2D eigenvalue weighted by atomic mass is 9.89. The lowest BCUT2D eigenvalue weighted by Crippen LogP contribution is -2.13. The molecule has 0 spiro atoms. The van der Waals surface area contributed by atoms with Gasteiger partial charge < -0.3 is 15.2 Å². The number of allylic oxidation sites excluding steroid dienone is 12. The van der Waals surface area contributed by atoms with Gasteiger partial charge in [0.2, 0.25) is 0 Å². The second-order valence-corrected chi connectivity index (χ2v) is 11.3. The van der Waals surface area contributed by atoms with Gasteiger partial charge >= 0.3 is 5.97 Å². The van der Waals surface area contributed by atoms with Gasteiger partial charge in [-0.3, -0.25) is 4.79 Å². The number of aliphatic hydroxyl groups excluding tert-OH is 1. The molecule has 0 saturated carbocycles. The number of aliphatic hydroxyl groups is 1. The Morgan fingerprint density at radius 3 is 2.45 bits per heavy atom. The summed E-state index contributed by atoms with van der Waals surface area (Å²) in [5, 5.41) is 14.8. The van der Waals surface area contributed by atoms with Crippen LogP contribution in [0.3, 0.4) is 0 Å². The van der Waals surface area contributed by atoms with Crippen LogP contribution in [0.4, 0.5) is 0 Å². The van der Waals surface area contributed by atoms with Crippen molar-refractivity contribution in [3.05, 3.63) is 104 Å². The Bertz CT molecular complexity index is 1780. The van der Waals surface area contributed by atoms with Crippen molar-refractivity contribution in [3.63, 3.8) is 0 Å². The van der Waals surface area contributed by atoms with Crippen molar-refractivity contribution in [2.75, 3.05) is 7.11 Å². The molecule has 1 saturated heterocycles. The molecule has 5 heterocycles. The molecule has 8 heteroatoms. The van der Waals surface area contributed by atoms with Crippen LogP contribution in [0.5, 0.6) is 0 Å². The maximum Gasteiger partial charge on any atom is 0.330 e. The van der Waals surface area contributed by atoms with Crippen molar-refractivity contribution in [1.29, 1.82) is 0 Å². The molecule has 6 aliphatic rings. The van der Waals surface area contributed by atoms with Crippen LogP contribution in [0.1, 0.15) is 54.4 Å². The second-order valence-electron chi connectivity index (χ2n) is 11.3. The van der Waals surface area contributed by atoms with Crippen LogP contribution in [0, 0.1) is 11.8 Å². The molecule has 8 bridgehead atoms. The van der Waals surface area contributed by atoms with E-state index in [0.717, 1.165) is 74.1 Å². The van der Waals surface area contributed by atoms with E-state index in [-0.39, 0.29) is 23.4 Å². The molecule has 1 aliphatic carbocycles. The van der Waals surface area contributed by atoms with Gasteiger partial charge in [-0.1, -0.05) is 19.9 Å². The number of aliphatic imine (C=N–C) groups is 3. The van der Waals surface area contributed by atoms with E-state index < -0.39 is 5.97 Å². The number of rotatable bonds is 4. The molecule has 1 fully saturated rings. The van der Waals surface area contributed by atoms with Gasteiger partial charge in [-0.2, -0.15) is 0 Å². The van der Waals surface area contributed by atoms with Crippen molar-refractivity contribution < 1.29 is 19.4 Å². The fourth-order valence-corrected chi connectivity index (χ4v) is 6.61. The maximum absolute atomic E-state index is 12.9. The number of nitrogens with zero attached hydrogens (tertiary/aromatic N) is 3. The molecule has 0 unspecified atom stereocenters. The molecule has 0 aromatic heterocycles. The lowest BCUT2D eigenvalue weighted by Gasteiger charge is -2.13. The molecule has 0 aromatic rings. The van der Waals surface area contributed by atoms with Gasteiger partial charge in [-0.15, -0.1) is 0 Å². The third-order valence-electron chi connectivity index (χ3n) is 8.94. The van der Waals surface area contributed by atoms with E-state index in [2.05, 4.69) is 26.1 Å². The maximum atomic E-state index is 12.9. The van der Waals surface area contributed by atoms with Gasteiger partial charge in [-0.05, 0) is 74.6 Å². The monoisotopic (exact) mass is 562 g/mol. The summed E-state index contributed by atoms with van der Waals surface area (Å²) >= 11 is 0. The quantitative estimate of drug-likeness (QED) is 0.324. The van der Waals surface area contributed by atoms with Gasteiger partial charge in [0.25, 0.3) is 0 Å². The van der Waals surface area contributed by atoms with E-state index in [9.17, 15) is 14.7 Å². The smallest absolute Gasteiger partial charge is 0.330 e. The zero-order chi connectivity index (χ0) is 30.0. The first-order chi connectivity index (χ1) is 20.0. The van der Waals surface area contributed by atoms with Crippen LogP contribution < -0.4 is 5.32 Å². The highest BCUT2D eigenvalue weighted by Gasteiger charge is 2.40. The number of hydrogen-bond acceptors (Lipinski definition) is 8. The highest BCUT2D eigenvalue weighted by molar-refractivity contribution is 6.22. The van der Waals surface area contributed by atoms with Gasteiger partial charge in [-0.25, -0.2) is 19.8 Å². The van der Waals surface area contributed by atoms with E-state index in [1.807, 2.05) is 38.2 Å². The topological polar surface area (TPSA) is 113 Å². The zero-order valence-electron chi connectivity index (χ0n) is 25.0. The number of ketones is 1. The summed E-state index contributed by atoms with van der Waals surface area (Å²) in [6, 6.07) is 0. The number of Topliss-reactive ketones (excluding diaryl/α,β-unsaturated/α-hetero) is 1. The summed E-state index contributed by atoms with van der Waals surface area (Å²) in [7, 11) is 1.35. The first-order valence-electron chi connectivity index (χ1n) is 14.3. The molecule has 0 radical (unpaired) electrons. The minimum atomic E-state index is -0.439. The predicted molar refractivity (Wildman–Crippen MR) is 164 cm³/mol. The number of hydrogen-bond donors (Lipinski definition) is 2. The summed E-state index contributed by atoms with van der Waals surface area (Å²) in [5.41, 5.74) is 12.3. The first-order valence-corrected chi connectivity index (χ1v) is 14.3. The summed E-state index contributed by atoms with van der Waals surface area (Å²) in [5.74, 6) is -0.475. The number of ether oxygens (including phenoxy) is 1. The standard InChI is InChI=1S/C34H34N4O4/c1-8-20-15(2)23-14-28-31(19(6)39)17(4)25(36-28)12-24-16(3)21(9-10-30(41)42-7)33(37-24)22-11-29(40)32-18(5)26(38-34(22)32)13-27(20)35-23/h9-10,12-14,16,21,37,40H,8,11H2,1-7H3/b10-9-,24-12?,27-13?,28-14?,33-22?/t16-,21-/m0/s1. The average Bonchev–Trinajstić information content (AvgIpc) is 3.70. The third kappa shape index (κ3) is 4.16. The molecular formula is C34H34N4O4. The number of fused-ring (bicyclic) bond motifs is 5. The van der Waals surface area contributed by atoms with Crippen LogP contribution in [0.25, 0.3) is 0 Å². The minimum Gasteiger partial charge on any atom is -0.511 e. The van der Waals surface area contributed by atoms with E-state index in [1.165, 1.54) is 13.2 Å². The van der Waals surface area contributed by atoms with Gasteiger partial charge in [0, 0.05) is 52.4 Å². The molecule has 2 atom stereocenters. The number of carbonyl (C=O) groups excluding carboxylic acids is 2. The zero-order valence-corrected chi connectivity index (χ0v) is 25.0. The van der Waals surface area contributed by atoms with E-state index in [0.29, 0.717) is 23.4 Å². The lowest BCUT2D eigenvalue weighted by molar-refractivity contribution is -0.134. The largest absolute Gasteiger partial charge is 0.511 e. The van der Waals surface area contributed by atoms with Crippen LogP contribution in [0.15, 0.2) is 119 Å². The number of nitrogens with one attached hydrogen (secondary N) is 1. The van der Waals surface area contributed by atoms with Crippen molar-refractivity contribution >= 4 is 28.9 Å². The van der Waals surface area contributed by atoms with Gasteiger partial charge in [0.1, 0.15) is 5.76 Å². The Morgan fingerprint density at radius 2 is 1.76 bits per heavy atom. The average molecular weight is 563 g/mol. The summed E-state index contributed by atoms with van der Waals surface area (Å²) in [4.78, 5) is 39.9. The van der Waals surface area contributed by atoms with Crippen LogP contribution in [-0.2, 0) is 14.3 Å². The third-order valence-corrected chi connectivity index (χ3v) is 8.94. The SMILES string of the molecule is CCC1=C(C)C2=NC1=CC1=C(C)C3=C(O)CC(=C4NC(=CC5=NC(=C2)C(C(C)=O)=C5C)[C@@H](C)[C@@H]4/C=C\C(=O)OC)C3=N1. The molecule has 214 valence electrons. The number of esters is 1. The van der Waals surface area contributed by atoms with Crippen molar-refractivity contribution in [2.45, 2.75) is 54.4 Å². The summed E-state index contributed by atoms with van der Waals surface area (Å²) < 4.78 is 4.87. The molecule has 6 rings (SSSR count). The normalized spacial score (nSPS) is 24.8. The van der Waals surface area contributed by atoms with Crippen molar-refractivity contribution in [1.82, 2.24) is 5.32 Å². The molecule has 0 aromatic carbocycles.